The van der Waals surface area contributed by atoms with Gasteiger partial charge >= 0.3 is 11.7 Å². The van der Waals surface area contributed by atoms with Crippen LogP contribution in [-0.4, -0.2) is 51.4 Å². The minimum absolute atomic E-state index is 0.0333. The van der Waals surface area contributed by atoms with E-state index in [9.17, 15) is 14.7 Å². The van der Waals surface area contributed by atoms with E-state index in [0.717, 1.165) is 43.6 Å². The molecule has 1 saturated heterocycles. The van der Waals surface area contributed by atoms with Gasteiger partial charge in [-0.1, -0.05) is 35.9 Å². The van der Waals surface area contributed by atoms with Gasteiger partial charge in [-0.05, 0) is 81.9 Å². The van der Waals surface area contributed by atoms with E-state index >= 15 is 0 Å². The maximum Gasteiger partial charge on any atom is 0.337 e. The predicted octanol–water partition coefficient (Wildman–Crippen LogP) is 4.43. The first-order chi connectivity index (χ1) is 16.3. The first-order valence-corrected chi connectivity index (χ1v) is 12.4. The molecule has 7 nitrogen and oxygen atoms in total. The third-order valence-electron chi connectivity index (χ3n) is 6.72. The average molecular weight is 485 g/mol. The van der Waals surface area contributed by atoms with Crippen LogP contribution in [0, 0.1) is 5.92 Å². The number of imidazole rings is 1. The van der Waals surface area contributed by atoms with Crippen molar-refractivity contribution in [2.24, 2.45) is 5.92 Å². The molecule has 0 radical (unpaired) electrons. The van der Waals surface area contributed by atoms with Crippen molar-refractivity contribution in [1.82, 2.24) is 19.4 Å². The normalized spacial score (nSPS) is 16.3. The molecule has 1 fully saturated rings. The molecule has 1 atom stereocenters. The quantitative estimate of drug-likeness (QED) is 0.520. The Hall–Kier alpha value is -2.61. The monoisotopic (exact) mass is 484 g/mol. The van der Waals surface area contributed by atoms with Crippen LogP contribution in [0.2, 0.25) is 5.02 Å². The van der Waals surface area contributed by atoms with Crippen LogP contribution in [0.3, 0.4) is 0 Å². The van der Waals surface area contributed by atoms with E-state index in [-0.39, 0.29) is 17.8 Å². The van der Waals surface area contributed by atoms with Crippen molar-refractivity contribution in [2.75, 3.05) is 26.2 Å². The fourth-order valence-corrected chi connectivity index (χ4v) is 4.87. The Balaban J connectivity index is 1.28. The van der Waals surface area contributed by atoms with Crippen LogP contribution < -0.4 is 11.0 Å². The summed E-state index contributed by atoms with van der Waals surface area (Å²) in [5.74, 6) is 0.371. The minimum Gasteiger partial charge on any atom is -0.388 e. The second kappa shape index (κ2) is 10.8. The van der Waals surface area contributed by atoms with Crippen molar-refractivity contribution in [3.8, 4) is 0 Å². The molecule has 0 aliphatic carbocycles. The van der Waals surface area contributed by atoms with Gasteiger partial charge in [0.25, 0.3) is 0 Å². The van der Waals surface area contributed by atoms with Crippen molar-refractivity contribution in [3.05, 3.63) is 69.6 Å². The van der Waals surface area contributed by atoms with Crippen molar-refractivity contribution >= 4 is 28.7 Å². The summed E-state index contributed by atoms with van der Waals surface area (Å²) in [5.41, 5.74) is 1.98. The molecule has 8 heteroatoms. The summed E-state index contributed by atoms with van der Waals surface area (Å²) < 4.78 is 2.91. The highest BCUT2D eigenvalue weighted by molar-refractivity contribution is 6.30. The van der Waals surface area contributed by atoms with E-state index in [2.05, 4.69) is 10.2 Å². The number of benzene rings is 2. The third kappa shape index (κ3) is 5.37. The summed E-state index contributed by atoms with van der Waals surface area (Å²) in [6.45, 7) is 7.12. The molecule has 2 aromatic carbocycles. The molecule has 1 aliphatic rings. The van der Waals surface area contributed by atoms with Crippen LogP contribution in [0.5, 0.6) is 0 Å². The van der Waals surface area contributed by atoms with E-state index in [1.807, 2.05) is 50.2 Å². The lowest BCUT2D eigenvalue weighted by molar-refractivity contribution is 0.123. The molecule has 1 aromatic heterocycles. The zero-order valence-corrected chi connectivity index (χ0v) is 20.5. The van der Waals surface area contributed by atoms with Crippen molar-refractivity contribution in [1.29, 1.82) is 0 Å². The third-order valence-corrected chi connectivity index (χ3v) is 6.97. The van der Waals surface area contributed by atoms with Crippen LogP contribution >= 0.6 is 11.6 Å². The lowest BCUT2D eigenvalue weighted by Gasteiger charge is -2.32. The number of para-hydroxylation sites is 2. The van der Waals surface area contributed by atoms with Gasteiger partial charge in [-0.3, -0.25) is 4.57 Å². The van der Waals surface area contributed by atoms with Crippen LogP contribution in [0.1, 0.15) is 50.8 Å². The van der Waals surface area contributed by atoms with Gasteiger partial charge in [0, 0.05) is 24.2 Å². The number of halogens is 1. The Morgan fingerprint density at radius 1 is 1.09 bits per heavy atom. The van der Waals surface area contributed by atoms with Gasteiger partial charge in [-0.25, -0.2) is 14.2 Å². The van der Waals surface area contributed by atoms with E-state index in [4.69, 9.17) is 11.6 Å². The zero-order valence-electron chi connectivity index (χ0n) is 19.8. The number of fused-ring (bicyclic) bond motifs is 1. The number of hydrogen-bond donors (Lipinski definition) is 2. The number of likely N-dealkylation sites (tertiary alicyclic amines) is 1. The summed E-state index contributed by atoms with van der Waals surface area (Å²) >= 11 is 5.92. The number of rotatable bonds is 7. The van der Waals surface area contributed by atoms with Crippen LogP contribution in [0.15, 0.2) is 53.3 Å². The highest BCUT2D eigenvalue weighted by Gasteiger charge is 2.23. The van der Waals surface area contributed by atoms with Crippen molar-refractivity contribution in [2.45, 2.75) is 45.3 Å². The molecule has 182 valence electrons. The molecule has 0 bridgehead atoms. The molecule has 1 amide bonds. The lowest BCUT2D eigenvalue weighted by atomic mass is 9.96. The number of aliphatic hydroxyl groups excluding tert-OH is 1. The Kier molecular flexibility index (Phi) is 7.76. The maximum absolute atomic E-state index is 12.9. The largest absolute Gasteiger partial charge is 0.388 e. The molecular formula is C26H33ClN4O3. The number of carbonyl (C=O) groups excluding carboxylic acids is 1. The SMILES string of the molecule is CC(C)n1c(=O)n(C(=O)NCC2CCN(CCC(O)c3ccc(Cl)cc3)CC2)c2ccccc21. The minimum atomic E-state index is -0.499. The van der Waals surface area contributed by atoms with E-state index in [1.165, 1.54) is 4.57 Å². The highest BCUT2D eigenvalue weighted by atomic mass is 35.5. The molecule has 0 spiro atoms. The van der Waals surface area contributed by atoms with Gasteiger partial charge in [0.05, 0.1) is 17.1 Å². The highest BCUT2D eigenvalue weighted by Crippen LogP contribution is 2.22. The van der Waals surface area contributed by atoms with Gasteiger partial charge < -0.3 is 15.3 Å². The van der Waals surface area contributed by atoms with Gasteiger partial charge in [0.2, 0.25) is 0 Å². The van der Waals surface area contributed by atoms with Gasteiger partial charge in [-0.15, -0.1) is 0 Å². The number of carbonyl (C=O) groups is 1. The van der Waals surface area contributed by atoms with Crippen molar-refractivity contribution < 1.29 is 9.90 Å². The Bertz CT molecular complexity index is 1180. The summed E-state index contributed by atoms with van der Waals surface area (Å²) in [5, 5.41) is 14.1. The number of amides is 1. The van der Waals surface area contributed by atoms with Crippen LogP contribution in [0.4, 0.5) is 4.79 Å². The second-order valence-corrected chi connectivity index (χ2v) is 9.83. The Labute approximate surface area is 204 Å². The van der Waals surface area contributed by atoms with E-state index in [0.29, 0.717) is 29.4 Å². The Morgan fingerprint density at radius 2 is 1.74 bits per heavy atom. The summed E-state index contributed by atoms with van der Waals surface area (Å²) in [4.78, 5) is 28.2. The summed E-state index contributed by atoms with van der Waals surface area (Å²) in [6, 6.07) is 14.3. The number of hydrogen-bond acceptors (Lipinski definition) is 4. The fraction of sp³-hybridized carbons (Fsp3) is 0.462. The number of nitrogens with zero attached hydrogens (tertiary/aromatic N) is 3. The first-order valence-electron chi connectivity index (χ1n) is 12.0. The molecule has 2 heterocycles. The smallest absolute Gasteiger partial charge is 0.337 e. The van der Waals surface area contributed by atoms with Crippen LogP contribution in [-0.2, 0) is 0 Å². The predicted molar refractivity (Wildman–Crippen MR) is 136 cm³/mol. The number of piperidine rings is 1. The standard InChI is InChI=1S/C26H33ClN4O3/c1-18(2)30-22-5-3-4-6-23(22)31(26(30)34)25(33)28-17-19-11-14-29(15-12-19)16-13-24(32)20-7-9-21(27)10-8-20/h3-10,18-19,24,32H,11-17H2,1-2H3,(H,28,33). The molecular weight excluding hydrogens is 452 g/mol. The molecule has 4 rings (SSSR count). The topological polar surface area (TPSA) is 79.5 Å². The van der Waals surface area contributed by atoms with Gasteiger partial charge in [-0.2, -0.15) is 0 Å². The van der Waals surface area contributed by atoms with Crippen molar-refractivity contribution in [3.63, 3.8) is 0 Å². The number of nitrogens with one attached hydrogen (secondary N) is 1. The molecule has 1 unspecified atom stereocenters. The molecule has 3 aromatic rings. The molecule has 0 saturated carbocycles. The Morgan fingerprint density at radius 3 is 2.38 bits per heavy atom. The zero-order chi connectivity index (χ0) is 24.2. The van der Waals surface area contributed by atoms with Gasteiger partial charge in [0.1, 0.15) is 0 Å². The maximum atomic E-state index is 12.9. The molecule has 34 heavy (non-hydrogen) atoms. The molecule has 1 aliphatic heterocycles. The lowest BCUT2D eigenvalue weighted by Crippen LogP contribution is -2.42. The average Bonchev–Trinajstić information content (AvgIpc) is 3.14. The number of aliphatic hydroxyl groups is 1. The first kappa shape index (κ1) is 24.5. The van der Waals surface area contributed by atoms with E-state index < -0.39 is 6.10 Å². The summed E-state index contributed by atoms with van der Waals surface area (Å²) in [7, 11) is 0. The van der Waals surface area contributed by atoms with Gasteiger partial charge in [0.15, 0.2) is 0 Å². The summed E-state index contributed by atoms with van der Waals surface area (Å²) in [6.07, 6.45) is 2.12. The fourth-order valence-electron chi connectivity index (χ4n) is 4.75. The number of aromatic nitrogens is 2. The van der Waals surface area contributed by atoms with E-state index in [1.54, 1.807) is 16.7 Å². The van der Waals surface area contributed by atoms with Crippen LogP contribution in [0.25, 0.3) is 11.0 Å². The molecule has 2 N–H and O–H groups in total. The second-order valence-electron chi connectivity index (χ2n) is 9.40.